The fraction of sp³-hybridized carbons (Fsp3) is 0.647. The molecule has 114 valence electrons. The molecule has 1 rings (SSSR count). The molecule has 0 heterocycles. The van der Waals surface area contributed by atoms with Crippen molar-refractivity contribution in [3.8, 4) is 0 Å². The average molecular weight is 280 g/mol. The first-order valence-corrected chi connectivity index (χ1v) is 7.68. The van der Waals surface area contributed by atoms with Crippen molar-refractivity contribution < 1.29 is 4.39 Å². The summed E-state index contributed by atoms with van der Waals surface area (Å²) in [6.07, 6.45) is 2.16. The molecule has 1 aromatic carbocycles. The van der Waals surface area contributed by atoms with E-state index in [-0.39, 0.29) is 5.82 Å². The van der Waals surface area contributed by atoms with E-state index in [9.17, 15) is 4.39 Å². The molecule has 1 unspecified atom stereocenters. The molecule has 1 atom stereocenters. The van der Waals surface area contributed by atoms with Crippen LogP contribution in [0.1, 0.15) is 46.1 Å². The van der Waals surface area contributed by atoms with Gasteiger partial charge in [0.25, 0.3) is 0 Å². The van der Waals surface area contributed by atoms with E-state index in [0.29, 0.717) is 18.5 Å². The molecule has 1 aromatic rings. The van der Waals surface area contributed by atoms with Crippen LogP contribution in [0.4, 0.5) is 10.1 Å². The number of nitrogens with one attached hydrogen (secondary N) is 1. The summed E-state index contributed by atoms with van der Waals surface area (Å²) in [7, 11) is 2.06. The normalized spacial score (nSPS) is 12.8. The Morgan fingerprint density at radius 2 is 1.95 bits per heavy atom. The van der Waals surface area contributed by atoms with Crippen LogP contribution < -0.4 is 10.2 Å². The van der Waals surface area contributed by atoms with Crippen molar-refractivity contribution in [2.24, 2.45) is 5.92 Å². The third-order valence-corrected chi connectivity index (χ3v) is 3.68. The van der Waals surface area contributed by atoms with Crippen LogP contribution in [-0.4, -0.2) is 19.6 Å². The number of nitrogens with zero attached hydrogens (tertiary/aromatic N) is 1. The second-order valence-corrected chi connectivity index (χ2v) is 6.00. The van der Waals surface area contributed by atoms with E-state index in [4.69, 9.17) is 0 Å². The third-order valence-electron chi connectivity index (χ3n) is 3.68. The second-order valence-electron chi connectivity index (χ2n) is 6.00. The molecule has 0 bridgehead atoms. The van der Waals surface area contributed by atoms with Gasteiger partial charge in [-0.2, -0.15) is 0 Å². The number of hydrogen-bond acceptors (Lipinski definition) is 2. The molecule has 0 aliphatic heterocycles. The van der Waals surface area contributed by atoms with Crippen molar-refractivity contribution in [2.75, 3.05) is 18.5 Å². The van der Waals surface area contributed by atoms with E-state index in [1.807, 2.05) is 6.07 Å². The number of halogens is 1. The minimum atomic E-state index is -0.116. The maximum absolute atomic E-state index is 14.1. The molecule has 20 heavy (non-hydrogen) atoms. The SMILES string of the molecule is CCCNCc1c(F)cccc1N(C)C(C)CC(C)C. The van der Waals surface area contributed by atoms with Gasteiger partial charge in [0.05, 0.1) is 0 Å². The van der Waals surface area contributed by atoms with Gasteiger partial charge in [-0.1, -0.05) is 26.8 Å². The van der Waals surface area contributed by atoms with Crippen LogP contribution in [0.25, 0.3) is 0 Å². The predicted octanol–water partition coefficient (Wildman–Crippen LogP) is 4.20. The first-order valence-electron chi connectivity index (χ1n) is 7.68. The Labute approximate surface area is 123 Å². The minimum Gasteiger partial charge on any atom is -0.372 e. The van der Waals surface area contributed by atoms with Crippen LogP contribution in [0.5, 0.6) is 0 Å². The Balaban J connectivity index is 2.89. The molecule has 2 nitrogen and oxygen atoms in total. The van der Waals surface area contributed by atoms with Gasteiger partial charge in [0, 0.05) is 30.9 Å². The molecule has 0 saturated heterocycles. The lowest BCUT2D eigenvalue weighted by atomic mass is 10.0. The maximum Gasteiger partial charge on any atom is 0.129 e. The van der Waals surface area contributed by atoms with Crippen molar-refractivity contribution in [3.05, 3.63) is 29.6 Å². The zero-order chi connectivity index (χ0) is 15.1. The summed E-state index contributed by atoms with van der Waals surface area (Å²) in [5.41, 5.74) is 1.78. The summed E-state index contributed by atoms with van der Waals surface area (Å²) in [6, 6.07) is 5.77. The van der Waals surface area contributed by atoms with Gasteiger partial charge in [0.15, 0.2) is 0 Å². The van der Waals surface area contributed by atoms with Gasteiger partial charge in [-0.25, -0.2) is 4.39 Å². The van der Waals surface area contributed by atoms with E-state index >= 15 is 0 Å². The third kappa shape index (κ3) is 4.78. The lowest BCUT2D eigenvalue weighted by molar-refractivity contribution is 0.501. The van der Waals surface area contributed by atoms with Gasteiger partial charge < -0.3 is 10.2 Å². The Kier molecular flexibility index (Phi) is 7.00. The molecule has 0 spiro atoms. The number of hydrogen-bond donors (Lipinski definition) is 1. The fourth-order valence-corrected chi connectivity index (χ4v) is 2.52. The molecule has 0 aromatic heterocycles. The van der Waals surface area contributed by atoms with Crippen molar-refractivity contribution in [2.45, 2.75) is 53.1 Å². The van der Waals surface area contributed by atoms with Crippen molar-refractivity contribution >= 4 is 5.69 Å². The second kappa shape index (κ2) is 8.25. The lowest BCUT2D eigenvalue weighted by Crippen LogP contribution is -2.31. The molecule has 0 saturated carbocycles. The van der Waals surface area contributed by atoms with Crippen molar-refractivity contribution in [1.82, 2.24) is 5.32 Å². The van der Waals surface area contributed by atoms with Crippen LogP contribution in [0.2, 0.25) is 0 Å². The van der Waals surface area contributed by atoms with Crippen LogP contribution >= 0.6 is 0 Å². The molecule has 1 N–H and O–H groups in total. The summed E-state index contributed by atoms with van der Waals surface area (Å²) in [6.45, 7) is 10.3. The van der Waals surface area contributed by atoms with E-state index in [1.54, 1.807) is 12.1 Å². The zero-order valence-corrected chi connectivity index (χ0v) is 13.5. The van der Waals surface area contributed by atoms with Gasteiger partial charge >= 0.3 is 0 Å². The monoisotopic (exact) mass is 280 g/mol. The molecule has 0 aliphatic carbocycles. The number of anilines is 1. The van der Waals surface area contributed by atoms with Crippen LogP contribution in [0.3, 0.4) is 0 Å². The van der Waals surface area contributed by atoms with Crippen LogP contribution in [0, 0.1) is 11.7 Å². The summed E-state index contributed by atoms with van der Waals surface area (Å²) >= 11 is 0. The highest BCUT2D eigenvalue weighted by atomic mass is 19.1. The average Bonchev–Trinajstić information content (AvgIpc) is 2.39. The van der Waals surface area contributed by atoms with Gasteiger partial charge in [-0.05, 0) is 44.4 Å². The van der Waals surface area contributed by atoms with Crippen LogP contribution in [0.15, 0.2) is 18.2 Å². The van der Waals surface area contributed by atoms with Crippen molar-refractivity contribution in [3.63, 3.8) is 0 Å². The molecule has 0 amide bonds. The summed E-state index contributed by atoms with van der Waals surface area (Å²) in [5, 5.41) is 3.30. The lowest BCUT2D eigenvalue weighted by Gasteiger charge is -2.30. The molecule has 3 heteroatoms. The van der Waals surface area contributed by atoms with E-state index in [1.165, 1.54) is 0 Å². The topological polar surface area (TPSA) is 15.3 Å². The quantitative estimate of drug-likeness (QED) is 0.718. The summed E-state index contributed by atoms with van der Waals surface area (Å²) in [4.78, 5) is 2.20. The van der Waals surface area contributed by atoms with Gasteiger partial charge in [-0.15, -0.1) is 0 Å². The number of rotatable bonds is 8. The predicted molar refractivity (Wildman–Crippen MR) is 85.7 cm³/mol. The van der Waals surface area contributed by atoms with E-state index < -0.39 is 0 Å². The fourth-order valence-electron chi connectivity index (χ4n) is 2.52. The molecule has 0 radical (unpaired) electrons. The van der Waals surface area contributed by atoms with E-state index in [2.05, 4.69) is 45.0 Å². The Hall–Kier alpha value is -1.09. The Morgan fingerprint density at radius 1 is 1.25 bits per heavy atom. The zero-order valence-electron chi connectivity index (χ0n) is 13.5. The molecule has 0 fully saturated rings. The highest BCUT2D eigenvalue weighted by Crippen LogP contribution is 2.25. The van der Waals surface area contributed by atoms with Gasteiger partial charge in [-0.3, -0.25) is 0 Å². The smallest absolute Gasteiger partial charge is 0.129 e. The van der Waals surface area contributed by atoms with Gasteiger partial charge in [0.2, 0.25) is 0 Å². The maximum atomic E-state index is 14.1. The van der Waals surface area contributed by atoms with Crippen molar-refractivity contribution in [1.29, 1.82) is 0 Å². The minimum absolute atomic E-state index is 0.116. The van der Waals surface area contributed by atoms with Crippen LogP contribution in [-0.2, 0) is 6.54 Å². The highest BCUT2D eigenvalue weighted by Gasteiger charge is 2.16. The Morgan fingerprint density at radius 3 is 2.55 bits per heavy atom. The summed E-state index contributed by atoms with van der Waals surface area (Å²) < 4.78 is 14.1. The molecular weight excluding hydrogens is 251 g/mol. The molecular formula is C17H29FN2. The first-order chi connectivity index (χ1) is 9.47. The van der Waals surface area contributed by atoms with E-state index in [0.717, 1.165) is 30.6 Å². The Bertz CT molecular complexity index is 404. The standard InChI is InChI=1S/C17H29FN2/c1-6-10-19-12-15-16(18)8-7-9-17(15)20(5)14(4)11-13(2)3/h7-9,13-14,19H,6,10-12H2,1-5H3. The number of benzene rings is 1. The van der Waals surface area contributed by atoms with Gasteiger partial charge in [0.1, 0.15) is 5.82 Å². The first kappa shape index (κ1) is 17.0. The summed E-state index contributed by atoms with van der Waals surface area (Å²) in [5.74, 6) is 0.525. The largest absolute Gasteiger partial charge is 0.372 e. The highest BCUT2D eigenvalue weighted by molar-refractivity contribution is 5.54. The molecule has 0 aliphatic rings.